The van der Waals surface area contributed by atoms with Gasteiger partial charge in [-0.1, -0.05) is 18.9 Å². The zero-order chi connectivity index (χ0) is 26.4. The second-order valence-corrected chi connectivity index (χ2v) is 11.6. The van der Waals surface area contributed by atoms with Crippen molar-refractivity contribution < 1.29 is 19.1 Å². The molecular weight excluding hydrogens is 468 g/mol. The van der Waals surface area contributed by atoms with Crippen molar-refractivity contribution in [1.29, 1.82) is 0 Å². The number of amides is 2. The summed E-state index contributed by atoms with van der Waals surface area (Å²) >= 11 is 0. The molecule has 1 aromatic heterocycles. The lowest BCUT2D eigenvalue weighted by atomic mass is 9.73. The molecule has 1 aliphatic carbocycles. The smallest absolute Gasteiger partial charge is 0.417 e. The lowest BCUT2D eigenvalue weighted by Crippen LogP contribution is -2.45. The molecule has 1 aromatic carbocycles. The molecule has 8 nitrogen and oxygen atoms in total. The molecule has 2 atom stereocenters. The molecule has 3 heterocycles. The van der Waals surface area contributed by atoms with Gasteiger partial charge in [0.05, 0.1) is 18.2 Å². The van der Waals surface area contributed by atoms with Gasteiger partial charge in [0.15, 0.2) is 0 Å². The number of nitrogens with zero attached hydrogens (tertiary/aromatic N) is 3. The van der Waals surface area contributed by atoms with Crippen LogP contribution < -0.4 is 15.0 Å². The van der Waals surface area contributed by atoms with Gasteiger partial charge in [-0.3, -0.25) is 9.78 Å². The minimum Gasteiger partial charge on any atom is -0.495 e. The van der Waals surface area contributed by atoms with E-state index in [0.717, 1.165) is 28.3 Å². The number of pyridine rings is 1. The highest BCUT2D eigenvalue weighted by Crippen LogP contribution is 2.52. The normalized spacial score (nSPS) is 23.8. The number of likely N-dealkylation sites (tertiary alicyclic amines) is 1. The van der Waals surface area contributed by atoms with Gasteiger partial charge in [-0.25, -0.2) is 9.69 Å². The number of carbonyl (C=O) groups is 2. The van der Waals surface area contributed by atoms with Crippen LogP contribution in [0.5, 0.6) is 5.75 Å². The van der Waals surface area contributed by atoms with Gasteiger partial charge in [0.2, 0.25) is 5.91 Å². The average Bonchev–Trinajstić information content (AvgIpc) is 3.58. The van der Waals surface area contributed by atoms with Gasteiger partial charge in [0.1, 0.15) is 23.2 Å². The second-order valence-electron chi connectivity index (χ2n) is 11.6. The summed E-state index contributed by atoms with van der Waals surface area (Å²) in [5.41, 5.74) is 2.23. The van der Waals surface area contributed by atoms with E-state index in [2.05, 4.69) is 22.2 Å². The zero-order valence-electron chi connectivity index (χ0n) is 22.5. The molecule has 5 rings (SSSR count). The summed E-state index contributed by atoms with van der Waals surface area (Å²) in [5, 5.41) is 3.74. The number of methoxy groups -OCH3 is 1. The molecule has 8 heteroatoms. The maximum absolute atomic E-state index is 14.3. The van der Waals surface area contributed by atoms with Gasteiger partial charge >= 0.3 is 6.09 Å². The largest absolute Gasteiger partial charge is 0.495 e. The van der Waals surface area contributed by atoms with Crippen molar-refractivity contribution in [3.05, 3.63) is 47.8 Å². The molecule has 1 saturated heterocycles. The summed E-state index contributed by atoms with van der Waals surface area (Å²) in [4.78, 5) is 35.1. The molecule has 1 N–H and O–H groups in total. The molecule has 2 fully saturated rings. The van der Waals surface area contributed by atoms with Crippen molar-refractivity contribution in [3.8, 4) is 5.75 Å². The van der Waals surface area contributed by atoms with Crippen molar-refractivity contribution in [2.75, 3.05) is 30.9 Å². The van der Waals surface area contributed by atoms with Gasteiger partial charge < -0.3 is 19.7 Å². The number of nitrogens with one attached hydrogen (secondary N) is 1. The first-order chi connectivity index (χ1) is 17.6. The van der Waals surface area contributed by atoms with Crippen LogP contribution in [0, 0.1) is 5.92 Å². The van der Waals surface area contributed by atoms with Crippen molar-refractivity contribution >= 4 is 23.4 Å². The number of anilines is 2. The van der Waals surface area contributed by atoms with E-state index >= 15 is 0 Å². The highest BCUT2D eigenvalue weighted by Gasteiger charge is 2.53. The molecule has 2 amide bonds. The standard InChI is InChI=1S/C29H38N4O4/c1-28(2,3)37-27(35)33-17-14-29(26(33)34,18-19-12-15-30-16-13-19)21-10-11-22(36-5)23-24(21)32(4)25(31-23)20-8-6-7-9-20/h10-13,15-16,20,25,31H,6-9,14,17-18H2,1-5H3. The van der Waals surface area contributed by atoms with E-state index in [1.54, 1.807) is 19.5 Å². The molecule has 198 valence electrons. The molecule has 2 aromatic rings. The SMILES string of the molecule is COc1ccc(C2(Cc3ccncc3)CCN(C(=O)OC(C)(C)C)C2=O)c2c1NC(C1CCCC1)N2C. The Morgan fingerprint density at radius 1 is 1.16 bits per heavy atom. The second kappa shape index (κ2) is 9.54. The maximum Gasteiger partial charge on any atom is 0.417 e. The van der Waals surface area contributed by atoms with Crippen LogP contribution in [0.2, 0.25) is 0 Å². The van der Waals surface area contributed by atoms with E-state index in [4.69, 9.17) is 9.47 Å². The van der Waals surface area contributed by atoms with Crippen molar-refractivity contribution in [2.45, 2.75) is 76.5 Å². The Hall–Kier alpha value is -3.29. The van der Waals surface area contributed by atoms with Crippen LogP contribution in [0.3, 0.4) is 0 Å². The number of fused-ring (bicyclic) bond motifs is 1. The summed E-state index contributed by atoms with van der Waals surface area (Å²) in [6, 6.07) is 7.85. The van der Waals surface area contributed by atoms with E-state index in [0.29, 0.717) is 25.3 Å². The van der Waals surface area contributed by atoms with E-state index in [-0.39, 0.29) is 12.1 Å². The molecule has 0 radical (unpaired) electrons. The number of ether oxygens (including phenoxy) is 2. The molecule has 37 heavy (non-hydrogen) atoms. The van der Waals surface area contributed by atoms with Crippen LogP contribution in [-0.2, 0) is 21.4 Å². The van der Waals surface area contributed by atoms with Gasteiger partial charge in [-0.2, -0.15) is 0 Å². The predicted octanol–water partition coefficient (Wildman–Crippen LogP) is 5.12. The molecule has 0 bridgehead atoms. The van der Waals surface area contributed by atoms with Gasteiger partial charge in [-0.15, -0.1) is 0 Å². The Labute approximate surface area is 219 Å². The summed E-state index contributed by atoms with van der Waals surface area (Å²) in [5.74, 6) is 1.08. The number of hydrogen-bond acceptors (Lipinski definition) is 7. The third-order valence-electron chi connectivity index (χ3n) is 8.07. The Kier molecular flexibility index (Phi) is 6.54. The Morgan fingerprint density at radius 2 is 1.86 bits per heavy atom. The van der Waals surface area contributed by atoms with E-state index in [1.165, 1.54) is 30.6 Å². The van der Waals surface area contributed by atoms with Crippen LogP contribution >= 0.6 is 0 Å². The van der Waals surface area contributed by atoms with Gasteiger partial charge in [-0.05, 0) is 81.7 Å². The molecule has 1 saturated carbocycles. The van der Waals surface area contributed by atoms with Crippen molar-refractivity contribution in [2.24, 2.45) is 5.92 Å². The first-order valence-corrected chi connectivity index (χ1v) is 13.3. The highest BCUT2D eigenvalue weighted by atomic mass is 16.6. The van der Waals surface area contributed by atoms with Gasteiger partial charge in [0, 0.05) is 26.0 Å². The number of aromatic nitrogens is 1. The van der Waals surface area contributed by atoms with Crippen molar-refractivity contribution in [3.63, 3.8) is 0 Å². The highest BCUT2D eigenvalue weighted by molar-refractivity contribution is 6.03. The zero-order valence-corrected chi connectivity index (χ0v) is 22.5. The van der Waals surface area contributed by atoms with Crippen LogP contribution in [0.15, 0.2) is 36.7 Å². The van der Waals surface area contributed by atoms with E-state index < -0.39 is 17.1 Å². The van der Waals surface area contributed by atoms with Crippen molar-refractivity contribution in [1.82, 2.24) is 9.88 Å². The molecule has 2 unspecified atom stereocenters. The van der Waals surface area contributed by atoms with Crippen LogP contribution in [0.25, 0.3) is 0 Å². The fraction of sp³-hybridized carbons (Fsp3) is 0.552. The fourth-order valence-corrected chi connectivity index (χ4v) is 6.34. The van der Waals surface area contributed by atoms with Crippen LogP contribution in [0.1, 0.15) is 64.0 Å². The number of hydrogen-bond donors (Lipinski definition) is 1. The molecule has 3 aliphatic rings. The minimum atomic E-state index is -0.922. The maximum atomic E-state index is 14.3. The number of carbonyl (C=O) groups excluding carboxylic acids is 2. The van der Waals surface area contributed by atoms with E-state index in [1.807, 2.05) is 45.0 Å². The summed E-state index contributed by atoms with van der Waals surface area (Å²) in [6.07, 6.45) is 8.87. The topological polar surface area (TPSA) is 84.0 Å². The first kappa shape index (κ1) is 25.4. The molecule has 2 aliphatic heterocycles. The number of rotatable bonds is 5. The van der Waals surface area contributed by atoms with Crippen LogP contribution in [0.4, 0.5) is 16.2 Å². The first-order valence-electron chi connectivity index (χ1n) is 13.3. The lowest BCUT2D eigenvalue weighted by molar-refractivity contribution is -0.131. The number of benzene rings is 1. The van der Waals surface area contributed by atoms with Crippen LogP contribution in [-0.4, -0.2) is 54.4 Å². The predicted molar refractivity (Wildman–Crippen MR) is 143 cm³/mol. The quantitative estimate of drug-likeness (QED) is 0.603. The minimum absolute atomic E-state index is 0.143. The Balaban J connectivity index is 1.61. The molecular formula is C29H38N4O4. The monoisotopic (exact) mass is 506 g/mol. The third-order valence-corrected chi connectivity index (χ3v) is 8.07. The average molecular weight is 507 g/mol. The van der Waals surface area contributed by atoms with E-state index in [9.17, 15) is 9.59 Å². The molecule has 0 spiro atoms. The fourth-order valence-electron chi connectivity index (χ4n) is 6.34. The third kappa shape index (κ3) is 4.51. The Bertz CT molecular complexity index is 1170. The number of imide groups is 1. The van der Waals surface area contributed by atoms with Gasteiger partial charge in [0.25, 0.3) is 0 Å². The summed E-state index contributed by atoms with van der Waals surface area (Å²) < 4.78 is 11.4. The lowest BCUT2D eigenvalue weighted by Gasteiger charge is -2.34. The Morgan fingerprint density at radius 3 is 2.51 bits per heavy atom. The summed E-state index contributed by atoms with van der Waals surface area (Å²) in [6.45, 7) is 5.75. The summed E-state index contributed by atoms with van der Waals surface area (Å²) in [7, 11) is 3.79.